The van der Waals surface area contributed by atoms with Gasteiger partial charge in [-0.25, -0.2) is 0 Å². The van der Waals surface area contributed by atoms with Crippen LogP contribution < -0.4 is 10.1 Å². The first-order chi connectivity index (χ1) is 12.0. The zero-order valence-corrected chi connectivity index (χ0v) is 14.8. The molecule has 130 valence electrons. The molecule has 1 aliphatic heterocycles. The maximum Gasteiger partial charge on any atom is 0.265 e. The Morgan fingerprint density at radius 1 is 1.24 bits per heavy atom. The predicted molar refractivity (Wildman–Crippen MR) is 98.3 cm³/mol. The number of fused-ring (bicyclic) bond motifs is 1. The van der Waals surface area contributed by atoms with Gasteiger partial charge in [-0.2, -0.15) is 0 Å². The number of para-hydroxylation sites is 1. The van der Waals surface area contributed by atoms with Gasteiger partial charge in [0.25, 0.3) is 5.91 Å². The van der Waals surface area contributed by atoms with Crippen molar-refractivity contribution in [2.45, 2.75) is 27.2 Å². The molecule has 2 aromatic carbocycles. The van der Waals surface area contributed by atoms with Gasteiger partial charge in [-0.05, 0) is 61.2 Å². The SMILES string of the molecule is C/C(=N\OCC(=O)Nc1c(C)cccc1C)c1ccc2c(c1)CCO2. The van der Waals surface area contributed by atoms with Gasteiger partial charge in [0.15, 0.2) is 6.61 Å². The van der Waals surface area contributed by atoms with Gasteiger partial charge in [0.2, 0.25) is 0 Å². The van der Waals surface area contributed by atoms with E-state index in [1.807, 2.05) is 51.1 Å². The van der Waals surface area contributed by atoms with Crippen LogP contribution in [-0.4, -0.2) is 24.8 Å². The van der Waals surface area contributed by atoms with E-state index in [2.05, 4.69) is 16.5 Å². The zero-order chi connectivity index (χ0) is 17.8. The number of anilines is 1. The molecule has 0 saturated heterocycles. The lowest BCUT2D eigenvalue weighted by atomic mass is 10.1. The van der Waals surface area contributed by atoms with Crippen LogP contribution >= 0.6 is 0 Å². The third-order valence-electron chi connectivity index (χ3n) is 4.25. The molecule has 1 aliphatic rings. The third kappa shape index (κ3) is 3.99. The molecule has 2 aromatic rings. The monoisotopic (exact) mass is 338 g/mol. The van der Waals surface area contributed by atoms with Crippen LogP contribution in [0.5, 0.6) is 5.75 Å². The molecule has 0 fully saturated rings. The van der Waals surface area contributed by atoms with Crippen molar-refractivity contribution < 1.29 is 14.4 Å². The van der Waals surface area contributed by atoms with Crippen molar-refractivity contribution in [2.75, 3.05) is 18.5 Å². The smallest absolute Gasteiger partial charge is 0.265 e. The van der Waals surface area contributed by atoms with Crippen molar-refractivity contribution in [3.05, 3.63) is 58.7 Å². The predicted octanol–water partition coefficient (Wildman–Crippen LogP) is 3.62. The van der Waals surface area contributed by atoms with Crippen LogP contribution in [0.25, 0.3) is 0 Å². The number of carbonyl (C=O) groups is 1. The summed E-state index contributed by atoms with van der Waals surface area (Å²) in [5, 5.41) is 6.94. The Morgan fingerprint density at radius 2 is 2.00 bits per heavy atom. The Labute approximate surface area is 147 Å². The summed E-state index contributed by atoms with van der Waals surface area (Å²) >= 11 is 0. The first kappa shape index (κ1) is 17.0. The molecule has 3 rings (SSSR count). The van der Waals surface area contributed by atoms with Gasteiger partial charge in [0, 0.05) is 12.1 Å². The average molecular weight is 338 g/mol. The summed E-state index contributed by atoms with van der Waals surface area (Å²) in [6, 6.07) is 11.8. The minimum atomic E-state index is -0.226. The summed E-state index contributed by atoms with van der Waals surface area (Å²) in [6.07, 6.45) is 0.912. The quantitative estimate of drug-likeness (QED) is 0.669. The number of amides is 1. The van der Waals surface area contributed by atoms with Crippen molar-refractivity contribution >= 4 is 17.3 Å². The molecule has 0 saturated carbocycles. The second-order valence-corrected chi connectivity index (χ2v) is 6.19. The average Bonchev–Trinajstić information content (AvgIpc) is 3.06. The minimum absolute atomic E-state index is 0.126. The number of benzene rings is 2. The van der Waals surface area contributed by atoms with Crippen molar-refractivity contribution in [1.29, 1.82) is 0 Å². The number of hydrogen-bond donors (Lipinski definition) is 1. The van der Waals surface area contributed by atoms with Crippen LogP contribution in [0, 0.1) is 13.8 Å². The topological polar surface area (TPSA) is 59.9 Å². The molecule has 1 amide bonds. The summed E-state index contributed by atoms with van der Waals surface area (Å²) < 4.78 is 5.50. The number of nitrogens with zero attached hydrogens (tertiary/aromatic N) is 1. The lowest BCUT2D eigenvalue weighted by molar-refractivity contribution is -0.120. The fourth-order valence-electron chi connectivity index (χ4n) is 2.84. The normalized spacial score (nSPS) is 13.2. The van der Waals surface area contributed by atoms with Crippen molar-refractivity contribution in [2.24, 2.45) is 5.16 Å². The van der Waals surface area contributed by atoms with E-state index in [0.717, 1.165) is 46.9 Å². The summed E-state index contributed by atoms with van der Waals surface area (Å²) in [5.74, 6) is 0.710. The molecule has 0 atom stereocenters. The highest BCUT2D eigenvalue weighted by Crippen LogP contribution is 2.26. The molecule has 0 spiro atoms. The molecule has 25 heavy (non-hydrogen) atoms. The van der Waals surface area contributed by atoms with E-state index in [-0.39, 0.29) is 12.5 Å². The van der Waals surface area contributed by atoms with Crippen LogP contribution in [0.15, 0.2) is 41.6 Å². The van der Waals surface area contributed by atoms with Gasteiger partial charge >= 0.3 is 0 Å². The van der Waals surface area contributed by atoms with E-state index < -0.39 is 0 Å². The Balaban J connectivity index is 1.58. The number of ether oxygens (including phenoxy) is 1. The van der Waals surface area contributed by atoms with Gasteiger partial charge < -0.3 is 14.9 Å². The number of aryl methyl sites for hydroxylation is 2. The largest absolute Gasteiger partial charge is 0.493 e. The number of hydrogen-bond acceptors (Lipinski definition) is 4. The third-order valence-corrected chi connectivity index (χ3v) is 4.25. The molecule has 5 heteroatoms. The number of rotatable bonds is 5. The van der Waals surface area contributed by atoms with Crippen molar-refractivity contribution in [3.8, 4) is 5.75 Å². The molecule has 0 radical (unpaired) electrons. The van der Waals surface area contributed by atoms with Gasteiger partial charge in [0.05, 0.1) is 12.3 Å². The van der Waals surface area contributed by atoms with E-state index in [9.17, 15) is 4.79 Å². The Hall–Kier alpha value is -2.82. The molecular formula is C20H22N2O3. The van der Waals surface area contributed by atoms with Crippen LogP contribution in [-0.2, 0) is 16.1 Å². The van der Waals surface area contributed by atoms with Gasteiger partial charge in [-0.3, -0.25) is 4.79 Å². The first-order valence-electron chi connectivity index (χ1n) is 8.33. The van der Waals surface area contributed by atoms with E-state index in [1.54, 1.807) is 0 Å². The zero-order valence-electron chi connectivity index (χ0n) is 14.8. The maximum atomic E-state index is 12.1. The van der Waals surface area contributed by atoms with Crippen LogP contribution in [0.1, 0.15) is 29.2 Å². The lowest BCUT2D eigenvalue weighted by Gasteiger charge is -2.11. The summed E-state index contributed by atoms with van der Waals surface area (Å²) in [7, 11) is 0. The van der Waals surface area contributed by atoms with Crippen LogP contribution in [0.4, 0.5) is 5.69 Å². The first-order valence-corrected chi connectivity index (χ1v) is 8.33. The van der Waals surface area contributed by atoms with E-state index in [4.69, 9.17) is 9.57 Å². The Kier molecular flexibility index (Phi) is 5.03. The number of nitrogens with one attached hydrogen (secondary N) is 1. The highest BCUT2D eigenvalue weighted by Gasteiger charge is 2.13. The van der Waals surface area contributed by atoms with Gasteiger partial charge in [0.1, 0.15) is 5.75 Å². The van der Waals surface area contributed by atoms with Gasteiger partial charge in [-0.1, -0.05) is 23.4 Å². The maximum absolute atomic E-state index is 12.1. The lowest BCUT2D eigenvalue weighted by Crippen LogP contribution is -2.18. The summed E-state index contributed by atoms with van der Waals surface area (Å²) in [5.41, 5.74) is 5.76. The standard InChI is InChI=1S/C20H22N2O3/c1-13-5-4-6-14(2)20(13)21-19(23)12-25-22-15(3)16-7-8-18-17(11-16)9-10-24-18/h4-8,11H,9-10,12H2,1-3H3,(H,21,23)/b22-15+. The molecule has 5 nitrogen and oxygen atoms in total. The molecule has 0 unspecified atom stereocenters. The van der Waals surface area contributed by atoms with Crippen LogP contribution in [0.3, 0.4) is 0 Å². The molecular weight excluding hydrogens is 316 g/mol. The van der Waals surface area contributed by atoms with E-state index in [1.165, 1.54) is 5.56 Å². The van der Waals surface area contributed by atoms with Crippen LogP contribution in [0.2, 0.25) is 0 Å². The second-order valence-electron chi connectivity index (χ2n) is 6.19. The van der Waals surface area contributed by atoms with Crippen molar-refractivity contribution in [1.82, 2.24) is 0 Å². The molecule has 0 aromatic heterocycles. The Morgan fingerprint density at radius 3 is 2.76 bits per heavy atom. The number of oxime groups is 1. The van der Waals surface area contributed by atoms with Crippen molar-refractivity contribution in [3.63, 3.8) is 0 Å². The minimum Gasteiger partial charge on any atom is -0.493 e. The molecule has 1 N–H and O–H groups in total. The number of carbonyl (C=O) groups excluding carboxylic acids is 1. The second kappa shape index (κ2) is 7.38. The van der Waals surface area contributed by atoms with E-state index in [0.29, 0.717) is 0 Å². The highest BCUT2D eigenvalue weighted by molar-refractivity contribution is 5.99. The summed E-state index contributed by atoms with van der Waals surface area (Å²) in [4.78, 5) is 17.3. The highest BCUT2D eigenvalue weighted by atomic mass is 16.6. The Bertz CT molecular complexity index is 807. The molecule has 0 bridgehead atoms. The molecule has 1 heterocycles. The summed E-state index contributed by atoms with van der Waals surface area (Å²) in [6.45, 7) is 6.39. The van der Waals surface area contributed by atoms with Gasteiger partial charge in [-0.15, -0.1) is 0 Å². The van der Waals surface area contributed by atoms with E-state index >= 15 is 0 Å². The molecule has 0 aliphatic carbocycles. The fourth-order valence-corrected chi connectivity index (χ4v) is 2.84. The fraction of sp³-hybridized carbons (Fsp3) is 0.300.